The van der Waals surface area contributed by atoms with E-state index in [1.807, 2.05) is 38.1 Å². The molecule has 2 amide bonds. The average Bonchev–Trinajstić information content (AvgIpc) is 2.87. The standard InChI is InChI=1S/C20H19NO3S/c1-4-25-18-17(14-7-5-13(2)6-8-14)19(22)21(20(18)23)15-9-11-16(24-3)12-10-15/h5-12H,4H2,1-3H3. The molecular weight excluding hydrogens is 334 g/mol. The molecule has 2 aromatic carbocycles. The second kappa shape index (κ2) is 7.15. The zero-order valence-corrected chi connectivity index (χ0v) is 15.2. The van der Waals surface area contributed by atoms with Gasteiger partial charge in [-0.25, -0.2) is 4.90 Å². The van der Waals surface area contributed by atoms with Crippen molar-refractivity contribution in [2.45, 2.75) is 13.8 Å². The predicted octanol–water partition coefficient (Wildman–Crippen LogP) is 4.04. The molecule has 2 aromatic rings. The number of rotatable bonds is 5. The normalized spacial score (nSPS) is 14.4. The fraction of sp³-hybridized carbons (Fsp3) is 0.200. The molecule has 1 aliphatic rings. The second-order valence-electron chi connectivity index (χ2n) is 5.65. The van der Waals surface area contributed by atoms with Gasteiger partial charge in [-0.1, -0.05) is 36.8 Å². The number of imide groups is 1. The van der Waals surface area contributed by atoms with Gasteiger partial charge in [0.1, 0.15) is 5.75 Å². The molecule has 128 valence electrons. The molecule has 0 unspecified atom stereocenters. The number of aryl methyl sites for hydroxylation is 1. The number of thioether (sulfide) groups is 1. The summed E-state index contributed by atoms with van der Waals surface area (Å²) in [6, 6.07) is 14.6. The van der Waals surface area contributed by atoms with E-state index in [2.05, 4.69) is 0 Å². The molecule has 0 atom stereocenters. The summed E-state index contributed by atoms with van der Waals surface area (Å²) in [4.78, 5) is 27.7. The van der Waals surface area contributed by atoms with Crippen LogP contribution in [0.15, 0.2) is 53.4 Å². The number of anilines is 1. The maximum Gasteiger partial charge on any atom is 0.272 e. The van der Waals surface area contributed by atoms with E-state index in [9.17, 15) is 9.59 Å². The molecule has 1 heterocycles. The largest absolute Gasteiger partial charge is 0.497 e. The van der Waals surface area contributed by atoms with E-state index < -0.39 is 0 Å². The van der Waals surface area contributed by atoms with E-state index in [1.54, 1.807) is 31.4 Å². The lowest BCUT2D eigenvalue weighted by Gasteiger charge is -2.15. The Kier molecular flexibility index (Phi) is 4.95. The molecule has 4 nitrogen and oxygen atoms in total. The third-order valence-electron chi connectivity index (χ3n) is 4.00. The van der Waals surface area contributed by atoms with E-state index >= 15 is 0 Å². The summed E-state index contributed by atoms with van der Waals surface area (Å²) in [5.74, 6) is 0.852. The number of nitrogens with zero attached hydrogens (tertiary/aromatic N) is 1. The van der Waals surface area contributed by atoms with Gasteiger partial charge in [0.25, 0.3) is 11.8 Å². The van der Waals surface area contributed by atoms with E-state index in [-0.39, 0.29) is 11.8 Å². The third kappa shape index (κ3) is 3.20. The highest BCUT2D eigenvalue weighted by atomic mass is 32.2. The van der Waals surface area contributed by atoms with Crippen LogP contribution in [0.5, 0.6) is 5.75 Å². The first-order chi connectivity index (χ1) is 12.1. The second-order valence-corrected chi connectivity index (χ2v) is 6.92. The maximum absolute atomic E-state index is 13.0. The molecule has 0 aromatic heterocycles. The fourth-order valence-corrected chi connectivity index (χ4v) is 3.58. The molecule has 0 bridgehead atoms. The van der Waals surface area contributed by atoms with E-state index in [4.69, 9.17) is 4.74 Å². The van der Waals surface area contributed by atoms with E-state index in [1.165, 1.54) is 16.7 Å². The van der Waals surface area contributed by atoms with Crippen LogP contribution in [-0.2, 0) is 9.59 Å². The van der Waals surface area contributed by atoms with Crippen LogP contribution >= 0.6 is 11.8 Å². The Labute approximate surface area is 151 Å². The summed E-state index contributed by atoms with van der Waals surface area (Å²) in [6.45, 7) is 3.96. The van der Waals surface area contributed by atoms with Gasteiger partial charge in [0.15, 0.2) is 0 Å². The SMILES string of the molecule is CCSC1=C(c2ccc(C)cc2)C(=O)N(c2ccc(OC)cc2)C1=O. The Morgan fingerprint density at radius 2 is 1.60 bits per heavy atom. The number of carbonyl (C=O) groups is 2. The lowest BCUT2D eigenvalue weighted by atomic mass is 10.0. The highest BCUT2D eigenvalue weighted by molar-refractivity contribution is 8.04. The van der Waals surface area contributed by atoms with Crippen LogP contribution in [0.25, 0.3) is 5.57 Å². The van der Waals surface area contributed by atoms with Crippen LogP contribution in [0.3, 0.4) is 0 Å². The van der Waals surface area contributed by atoms with Gasteiger partial charge in [0.05, 0.1) is 23.3 Å². The van der Waals surface area contributed by atoms with Gasteiger partial charge in [0.2, 0.25) is 0 Å². The Morgan fingerprint density at radius 1 is 0.960 bits per heavy atom. The van der Waals surface area contributed by atoms with Crippen molar-refractivity contribution in [1.29, 1.82) is 0 Å². The van der Waals surface area contributed by atoms with Crippen molar-refractivity contribution < 1.29 is 14.3 Å². The highest BCUT2D eigenvalue weighted by Crippen LogP contribution is 2.38. The molecule has 0 radical (unpaired) electrons. The Morgan fingerprint density at radius 3 is 2.16 bits per heavy atom. The van der Waals surface area contributed by atoms with Crippen molar-refractivity contribution in [2.24, 2.45) is 0 Å². The minimum atomic E-state index is -0.282. The molecule has 25 heavy (non-hydrogen) atoms. The van der Waals surface area contributed by atoms with Crippen LogP contribution in [0.1, 0.15) is 18.1 Å². The smallest absolute Gasteiger partial charge is 0.272 e. The number of methoxy groups -OCH3 is 1. The molecule has 1 aliphatic heterocycles. The molecule has 0 saturated heterocycles. The van der Waals surface area contributed by atoms with Crippen molar-refractivity contribution in [3.63, 3.8) is 0 Å². The minimum absolute atomic E-state index is 0.266. The summed E-state index contributed by atoms with van der Waals surface area (Å²) >= 11 is 1.41. The fourth-order valence-electron chi connectivity index (χ4n) is 2.73. The number of hydrogen-bond donors (Lipinski definition) is 0. The summed E-state index contributed by atoms with van der Waals surface area (Å²) in [7, 11) is 1.58. The summed E-state index contributed by atoms with van der Waals surface area (Å²) < 4.78 is 5.14. The zero-order valence-electron chi connectivity index (χ0n) is 14.4. The van der Waals surface area contributed by atoms with Gasteiger partial charge in [-0.2, -0.15) is 0 Å². The first kappa shape index (κ1) is 17.3. The predicted molar refractivity (Wildman–Crippen MR) is 102 cm³/mol. The van der Waals surface area contributed by atoms with Crippen molar-refractivity contribution >= 4 is 34.8 Å². The number of amides is 2. The first-order valence-corrected chi connectivity index (χ1v) is 9.02. The van der Waals surface area contributed by atoms with Crippen molar-refractivity contribution in [2.75, 3.05) is 17.8 Å². The Bertz CT molecular complexity index is 838. The highest BCUT2D eigenvalue weighted by Gasteiger charge is 2.39. The molecule has 0 aliphatic carbocycles. The number of hydrogen-bond acceptors (Lipinski definition) is 4. The van der Waals surface area contributed by atoms with Gasteiger partial charge in [-0.15, -0.1) is 11.8 Å². The van der Waals surface area contributed by atoms with Gasteiger partial charge in [0, 0.05) is 0 Å². The Balaban J connectivity index is 2.04. The van der Waals surface area contributed by atoms with Crippen LogP contribution in [-0.4, -0.2) is 24.7 Å². The summed E-state index contributed by atoms with van der Waals surface area (Å²) in [5.41, 5.74) is 2.91. The van der Waals surface area contributed by atoms with Gasteiger partial charge < -0.3 is 4.74 Å². The molecule has 0 saturated carbocycles. The van der Waals surface area contributed by atoms with Crippen molar-refractivity contribution in [3.05, 3.63) is 64.6 Å². The number of ether oxygens (including phenoxy) is 1. The van der Waals surface area contributed by atoms with E-state index in [0.29, 0.717) is 21.9 Å². The molecule has 3 rings (SSSR count). The van der Waals surface area contributed by atoms with Crippen LogP contribution in [0, 0.1) is 6.92 Å². The quantitative estimate of drug-likeness (QED) is 0.761. The van der Waals surface area contributed by atoms with Crippen molar-refractivity contribution in [1.82, 2.24) is 0 Å². The lowest BCUT2D eigenvalue weighted by Crippen LogP contribution is -2.31. The van der Waals surface area contributed by atoms with Gasteiger partial charge in [-0.3, -0.25) is 9.59 Å². The maximum atomic E-state index is 13.0. The molecule has 0 spiro atoms. The average molecular weight is 353 g/mol. The monoisotopic (exact) mass is 353 g/mol. The Hall–Kier alpha value is -2.53. The number of carbonyl (C=O) groups excluding carboxylic acids is 2. The van der Waals surface area contributed by atoms with Gasteiger partial charge >= 0.3 is 0 Å². The van der Waals surface area contributed by atoms with Crippen LogP contribution < -0.4 is 9.64 Å². The first-order valence-electron chi connectivity index (χ1n) is 8.03. The summed E-state index contributed by atoms with van der Waals surface area (Å²) in [6.07, 6.45) is 0. The van der Waals surface area contributed by atoms with E-state index in [0.717, 1.165) is 16.9 Å². The molecule has 0 N–H and O–H groups in total. The zero-order chi connectivity index (χ0) is 18.0. The molecule has 5 heteroatoms. The van der Waals surface area contributed by atoms with Crippen molar-refractivity contribution in [3.8, 4) is 5.75 Å². The number of benzene rings is 2. The minimum Gasteiger partial charge on any atom is -0.497 e. The van der Waals surface area contributed by atoms with Crippen LogP contribution in [0.4, 0.5) is 5.69 Å². The molecule has 0 fully saturated rings. The van der Waals surface area contributed by atoms with Crippen LogP contribution in [0.2, 0.25) is 0 Å². The van der Waals surface area contributed by atoms with Gasteiger partial charge in [-0.05, 0) is 42.5 Å². The lowest BCUT2D eigenvalue weighted by molar-refractivity contribution is -0.119. The third-order valence-corrected chi connectivity index (χ3v) is 4.96. The molecular formula is C20H19NO3S. The topological polar surface area (TPSA) is 46.6 Å². The summed E-state index contributed by atoms with van der Waals surface area (Å²) in [5, 5.41) is 0.